The van der Waals surface area contributed by atoms with Gasteiger partial charge in [0.15, 0.2) is 11.4 Å². The number of carbonyl (C=O) groups excluding carboxylic acids is 1. The van der Waals surface area contributed by atoms with Crippen molar-refractivity contribution in [1.82, 2.24) is 9.46 Å². The Labute approximate surface area is 149 Å². The minimum Gasteiger partial charge on any atom is -0.440 e. The topological polar surface area (TPSA) is 112 Å². The zero-order valence-electron chi connectivity index (χ0n) is 14.4. The predicted molar refractivity (Wildman–Crippen MR) is 86.8 cm³/mol. The van der Waals surface area contributed by atoms with E-state index in [9.17, 15) is 13.2 Å². The molecule has 4 rings (SSSR count). The SMILES string of the molecule is Cc1noc(-c2ccc(S(=O)(=O)N3CCC4(CC3)COC(=O)O4)o2)c1C. The molecular weight excluding hydrogens is 364 g/mol. The molecule has 2 fully saturated rings. The molecule has 140 valence electrons. The van der Waals surface area contributed by atoms with Gasteiger partial charge in [-0.15, -0.1) is 0 Å². The maximum Gasteiger partial charge on any atom is 0.509 e. The Morgan fingerprint density at radius 2 is 1.92 bits per heavy atom. The summed E-state index contributed by atoms with van der Waals surface area (Å²) in [7, 11) is -3.79. The third kappa shape index (κ3) is 2.69. The number of cyclic esters (lactones) is 1. The molecule has 0 N–H and O–H groups in total. The summed E-state index contributed by atoms with van der Waals surface area (Å²) in [5.74, 6) is 0.727. The van der Waals surface area contributed by atoms with Crippen molar-refractivity contribution in [1.29, 1.82) is 0 Å². The maximum atomic E-state index is 12.8. The fourth-order valence-electron chi connectivity index (χ4n) is 3.16. The van der Waals surface area contributed by atoms with Gasteiger partial charge in [0, 0.05) is 31.5 Å². The van der Waals surface area contributed by atoms with Crippen LogP contribution in [0.2, 0.25) is 0 Å². The number of piperidine rings is 1. The molecule has 2 aliphatic heterocycles. The van der Waals surface area contributed by atoms with Crippen LogP contribution < -0.4 is 0 Å². The van der Waals surface area contributed by atoms with E-state index in [1.807, 2.05) is 6.92 Å². The van der Waals surface area contributed by atoms with Gasteiger partial charge in [-0.3, -0.25) is 0 Å². The fourth-order valence-corrected chi connectivity index (χ4v) is 4.51. The van der Waals surface area contributed by atoms with Crippen LogP contribution in [0.1, 0.15) is 24.1 Å². The Hall–Kier alpha value is -2.33. The summed E-state index contributed by atoms with van der Waals surface area (Å²) in [5.41, 5.74) is 0.799. The molecule has 10 heteroatoms. The molecule has 9 nitrogen and oxygen atoms in total. The van der Waals surface area contributed by atoms with Crippen LogP contribution in [-0.4, -0.2) is 49.3 Å². The third-order valence-corrected chi connectivity index (χ3v) is 6.72. The van der Waals surface area contributed by atoms with Crippen LogP contribution in [0.4, 0.5) is 4.79 Å². The number of aromatic nitrogens is 1. The summed E-state index contributed by atoms with van der Waals surface area (Å²) in [6.45, 7) is 4.22. The Bertz CT molecular complexity index is 951. The number of rotatable bonds is 3. The van der Waals surface area contributed by atoms with Crippen molar-refractivity contribution in [2.45, 2.75) is 37.4 Å². The van der Waals surface area contributed by atoms with Gasteiger partial charge >= 0.3 is 6.16 Å². The first kappa shape index (κ1) is 17.1. The number of aryl methyl sites for hydroxylation is 1. The second-order valence-electron chi connectivity index (χ2n) is 6.57. The number of hydrogen-bond donors (Lipinski definition) is 0. The first-order valence-corrected chi connectivity index (χ1v) is 9.64. The van der Waals surface area contributed by atoms with Gasteiger partial charge in [0.05, 0.1) is 5.69 Å². The Morgan fingerprint density at radius 3 is 2.50 bits per heavy atom. The molecule has 1 spiro atoms. The van der Waals surface area contributed by atoms with Crippen LogP contribution in [0.3, 0.4) is 0 Å². The molecule has 0 bridgehead atoms. The quantitative estimate of drug-likeness (QED) is 0.743. The van der Waals surface area contributed by atoms with Crippen molar-refractivity contribution < 1.29 is 31.6 Å². The van der Waals surface area contributed by atoms with Crippen LogP contribution >= 0.6 is 0 Å². The Balaban J connectivity index is 1.53. The third-order valence-electron chi connectivity index (χ3n) is 4.94. The van der Waals surface area contributed by atoms with E-state index in [2.05, 4.69) is 5.16 Å². The number of sulfonamides is 1. The molecule has 0 radical (unpaired) electrons. The van der Waals surface area contributed by atoms with Gasteiger partial charge in [-0.2, -0.15) is 4.31 Å². The molecule has 2 aliphatic rings. The molecule has 26 heavy (non-hydrogen) atoms. The monoisotopic (exact) mass is 382 g/mol. The number of nitrogens with zero attached hydrogens (tertiary/aromatic N) is 2. The lowest BCUT2D eigenvalue weighted by molar-refractivity contribution is 0.0168. The van der Waals surface area contributed by atoms with E-state index >= 15 is 0 Å². The van der Waals surface area contributed by atoms with E-state index in [-0.39, 0.29) is 24.8 Å². The highest BCUT2D eigenvalue weighted by Crippen LogP contribution is 2.35. The van der Waals surface area contributed by atoms with Gasteiger partial charge in [0.1, 0.15) is 6.61 Å². The highest BCUT2D eigenvalue weighted by atomic mass is 32.2. The summed E-state index contributed by atoms with van der Waals surface area (Å²) in [6, 6.07) is 2.96. The molecule has 0 atom stereocenters. The largest absolute Gasteiger partial charge is 0.509 e. The molecular formula is C16H18N2O7S. The summed E-state index contributed by atoms with van der Waals surface area (Å²) < 4.78 is 47.8. The summed E-state index contributed by atoms with van der Waals surface area (Å²) in [5, 5.41) is 3.70. The van der Waals surface area contributed by atoms with Gasteiger partial charge in [-0.05, 0) is 26.0 Å². The standard InChI is InChI=1S/C16H18N2O7S/c1-10-11(2)17-25-14(10)12-3-4-13(23-12)26(20,21)18-7-5-16(6-8-18)9-22-15(19)24-16/h3-4H,5-9H2,1-2H3. The van der Waals surface area contributed by atoms with Crippen LogP contribution in [0.15, 0.2) is 26.2 Å². The number of furan rings is 1. The van der Waals surface area contributed by atoms with Crippen LogP contribution in [0.5, 0.6) is 0 Å². The average Bonchev–Trinajstić information content (AvgIpc) is 3.30. The highest BCUT2D eigenvalue weighted by molar-refractivity contribution is 7.89. The van der Waals surface area contributed by atoms with Crippen LogP contribution in [0.25, 0.3) is 11.5 Å². The summed E-state index contributed by atoms with van der Waals surface area (Å²) in [4.78, 5) is 11.2. The Kier molecular flexibility index (Phi) is 3.85. The van der Waals surface area contributed by atoms with Crippen molar-refractivity contribution in [3.8, 4) is 11.5 Å². The average molecular weight is 382 g/mol. The van der Waals surface area contributed by atoms with Gasteiger partial charge in [-0.25, -0.2) is 13.2 Å². The van der Waals surface area contributed by atoms with E-state index in [1.165, 1.54) is 10.4 Å². The van der Waals surface area contributed by atoms with Crippen LogP contribution in [-0.2, 0) is 19.5 Å². The first-order chi connectivity index (χ1) is 12.3. The second kappa shape index (κ2) is 5.85. The van der Waals surface area contributed by atoms with E-state index < -0.39 is 21.8 Å². The smallest absolute Gasteiger partial charge is 0.440 e. The second-order valence-corrected chi connectivity index (χ2v) is 8.44. The molecule has 4 heterocycles. The molecule has 0 saturated carbocycles. The van der Waals surface area contributed by atoms with Gasteiger partial charge in [0.2, 0.25) is 10.9 Å². The Morgan fingerprint density at radius 1 is 1.19 bits per heavy atom. The molecule has 0 unspecified atom stereocenters. The summed E-state index contributed by atoms with van der Waals surface area (Å²) in [6.07, 6.45) is 0.0624. The lowest BCUT2D eigenvalue weighted by atomic mass is 9.94. The molecule has 2 aromatic heterocycles. The van der Waals surface area contributed by atoms with Crippen molar-refractivity contribution in [2.24, 2.45) is 0 Å². The van der Waals surface area contributed by atoms with Crippen LogP contribution in [0, 0.1) is 13.8 Å². The van der Waals surface area contributed by atoms with Crippen molar-refractivity contribution in [3.63, 3.8) is 0 Å². The molecule has 0 aliphatic carbocycles. The number of carbonyl (C=O) groups is 1. The first-order valence-electron chi connectivity index (χ1n) is 8.20. The molecule has 2 saturated heterocycles. The number of hydrogen-bond acceptors (Lipinski definition) is 8. The fraction of sp³-hybridized carbons (Fsp3) is 0.500. The van der Waals surface area contributed by atoms with E-state index in [1.54, 1.807) is 13.0 Å². The van der Waals surface area contributed by atoms with Crippen molar-refractivity contribution >= 4 is 16.2 Å². The zero-order chi connectivity index (χ0) is 18.5. The zero-order valence-corrected chi connectivity index (χ0v) is 15.2. The minimum atomic E-state index is -3.79. The molecule has 0 amide bonds. The van der Waals surface area contributed by atoms with Crippen molar-refractivity contribution in [3.05, 3.63) is 23.4 Å². The van der Waals surface area contributed by atoms with Gasteiger partial charge in [0.25, 0.3) is 10.0 Å². The highest BCUT2D eigenvalue weighted by Gasteiger charge is 2.47. The molecule has 0 aromatic carbocycles. The minimum absolute atomic E-state index is 0.156. The lowest BCUT2D eigenvalue weighted by Crippen LogP contribution is -2.47. The van der Waals surface area contributed by atoms with E-state index in [0.717, 1.165) is 11.3 Å². The van der Waals surface area contributed by atoms with E-state index in [4.69, 9.17) is 18.4 Å². The number of ether oxygens (including phenoxy) is 2. The van der Waals surface area contributed by atoms with Gasteiger partial charge in [-0.1, -0.05) is 5.16 Å². The maximum absolute atomic E-state index is 12.8. The lowest BCUT2D eigenvalue weighted by Gasteiger charge is -2.34. The van der Waals surface area contributed by atoms with Crippen molar-refractivity contribution in [2.75, 3.05) is 19.7 Å². The summed E-state index contributed by atoms with van der Waals surface area (Å²) >= 11 is 0. The predicted octanol–water partition coefficient (Wildman–Crippen LogP) is 2.24. The van der Waals surface area contributed by atoms with E-state index in [0.29, 0.717) is 24.4 Å². The molecule has 2 aromatic rings. The van der Waals surface area contributed by atoms with Gasteiger partial charge < -0.3 is 18.4 Å². The normalized spacial score (nSPS) is 20.3.